The van der Waals surface area contributed by atoms with Gasteiger partial charge in [-0.1, -0.05) is 84.9 Å². The zero-order chi connectivity index (χ0) is 20.9. The molecule has 1 atom stereocenters. The molecule has 30 heavy (non-hydrogen) atoms. The Morgan fingerprint density at radius 3 is 2.00 bits per heavy atom. The lowest BCUT2D eigenvalue weighted by Crippen LogP contribution is -2.53. The van der Waals surface area contributed by atoms with Crippen LogP contribution in [0.1, 0.15) is 28.4 Å². The number of amides is 2. The molecule has 2 amide bonds. The van der Waals surface area contributed by atoms with Gasteiger partial charge in [0.15, 0.2) is 0 Å². The van der Waals surface area contributed by atoms with E-state index in [2.05, 4.69) is 0 Å². The molecule has 0 radical (unpaired) electrons. The SMILES string of the molecule is Cc1ccccc1C(ON1C(=O)CN(Cc2ccccc2)CC1=O)c1ccccc1. The minimum atomic E-state index is -0.541. The predicted octanol–water partition coefficient (Wildman–Crippen LogP) is 3.89. The maximum absolute atomic E-state index is 12.8. The third kappa shape index (κ3) is 4.48. The van der Waals surface area contributed by atoms with Crippen LogP contribution in [0.5, 0.6) is 0 Å². The smallest absolute Gasteiger partial charge is 0.267 e. The van der Waals surface area contributed by atoms with Gasteiger partial charge in [0.2, 0.25) is 0 Å². The zero-order valence-electron chi connectivity index (χ0n) is 16.9. The van der Waals surface area contributed by atoms with E-state index in [9.17, 15) is 9.59 Å². The van der Waals surface area contributed by atoms with Crippen LogP contribution >= 0.6 is 0 Å². The summed E-state index contributed by atoms with van der Waals surface area (Å²) in [5.74, 6) is -0.701. The second-order valence-corrected chi connectivity index (χ2v) is 7.47. The number of rotatable bonds is 6. The summed E-state index contributed by atoms with van der Waals surface area (Å²) in [6, 6.07) is 27.3. The molecule has 1 aliphatic rings. The summed E-state index contributed by atoms with van der Waals surface area (Å²) in [6.45, 7) is 2.81. The van der Waals surface area contributed by atoms with E-state index in [1.807, 2.05) is 96.8 Å². The van der Waals surface area contributed by atoms with Gasteiger partial charge in [0.25, 0.3) is 11.8 Å². The van der Waals surface area contributed by atoms with Crippen molar-refractivity contribution in [2.24, 2.45) is 0 Å². The third-order valence-corrected chi connectivity index (χ3v) is 5.20. The van der Waals surface area contributed by atoms with Crippen molar-refractivity contribution in [1.29, 1.82) is 0 Å². The van der Waals surface area contributed by atoms with Gasteiger partial charge >= 0.3 is 0 Å². The average Bonchev–Trinajstić information content (AvgIpc) is 2.76. The van der Waals surface area contributed by atoms with Gasteiger partial charge in [0, 0.05) is 6.54 Å². The summed E-state index contributed by atoms with van der Waals surface area (Å²) in [4.78, 5) is 33.6. The Balaban J connectivity index is 1.54. The van der Waals surface area contributed by atoms with Gasteiger partial charge in [0.1, 0.15) is 6.10 Å². The van der Waals surface area contributed by atoms with E-state index in [0.717, 1.165) is 27.3 Å². The number of hydrogen-bond acceptors (Lipinski definition) is 4. The topological polar surface area (TPSA) is 49.9 Å². The summed E-state index contributed by atoms with van der Waals surface area (Å²) in [6.07, 6.45) is -0.541. The minimum absolute atomic E-state index is 0.135. The molecule has 0 N–H and O–H groups in total. The molecule has 3 aromatic carbocycles. The largest absolute Gasteiger partial charge is 0.281 e. The zero-order valence-corrected chi connectivity index (χ0v) is 16.9. The highest BCUT2D eigenvalue weighted by Crippen LogP contribution is 2.30. The van der Waals surface area contributed by atoms with Crippen molar-refractivity contribution < 1.29 is 14.4 Å². The highest BCUT2D eigenvalue weighted by molar-refractivity contribution is 5.98. The monoisotopic (exact) mass is 400 g/mol. The number of hydroxylamine groups is 2. The molecule has 0 saturated carbocycles. The fourth-order valence-corrected chi connectivity index (χ4v) is 3.69. The molecular formula is C25H24N2O3. The van der Waals surface area contributed by atoms with E-state index in [1.54, 1.807) is 0 Å². The lowest BCUT2D eigenvalue weighted by molar-refractivity contribution is -0.213. The Morgan fingerprint density at radius 1 is 0.800 bits per heavy atom. The molecule has 152 valence electrons. The van der Waals surface area contributed by atoms with Crippen molar-refractivity contribution >= 4 is 11.8 Å². The molecule has 0 aliphatic carbocycles. The first-order valence-electron chi connectivity index (χ1n) is 10.0. The molecular weight excluding hydrogens is 376 g/mol. The molecule has 5 heteroatoms. The first-order valence-corrected chi connectivity index (χ1v) is 10.0. The van der Waals surface area contributed by atoms with E-state index < -0.39 is 6.10 Å². The Kier molecular flexibility index (Phi) is 6.02. The van der Waals surface area contributed by atoms with Crippen LogP contribution in [0.25, 0.3) is 0 Å². The predicted molar refractivity (Wildman–Crippen MR) is 114 cm³/mol. The average molecular weight is 400 g/mol. The van der Waals surface area contributed by atoms with Crippen LogP contribution in [0.4, 0.5) is 0 Å². The van der Waals surface area contributed by atoms with E-state index in [0.29, 0.717) is 6.54 Å². The molecule has 1 saturated heterocycles. The summed E-state index contributed by atoms with van der Waals surface area (Å²) < 4.78 is 0. The van der Waals surface area contributed by atoms with Crippen LogP contribution < -0.4 is 0 Å². The molecule has 0 bridgehead atoms. The number of aryl methyl sites for hydroxylation is 1. The van der Waals surface area contributed by atoms with E-state index >= 15 is 0 Å². The van der Waals surface area contributed by atoms with Crippen molar-refractivity contribution in [1.82, 2.24) is 9.96 Å². The minimum Gasteiger partial charge on any atom is -0.281 e. The normalized spacial score (nSPS) is 16.0. The molecule has 1 fully saturated rings. The summed E-state index contributed by atoms with van der Waals surface area (Å²) in [7, 11) is 0. The number of imide groups is 1. The van der Waals surface area contributed by atoms with Crippen LogP contribution in [0.3, 0.4) is 0 Å². The van der Waals surface area contributed by atoms with Crippen molar-refractivity contribution in [2.45, 2.75) is 19.6 Å². The lowest BCUT2D eigenvalue weighted by atomic mass is 9.97. The standard InChI is InChI=1S/C25H24N2O3/c1-19-10-8-9-15-22(19)25(21-13-6-3-7-14-21)30-27-23(28)17-26(18-24(27)29)16-20-11-4-2-5-12-20/h2-15,25H,16-18H2,1H3. The van der Waals surface area contributed by atoms with E-state index in [4.69, 9.17) is 4.84 Å². The summed E-state index contributed by atoms with van der Waals surface area (Å²) >= 11 is 0. The van der Waals surface area contributed by atoms with Crippen molar-refractivity contribution in [3.05, 3.63) is 107 Å². The Bertz CT molecular complexity index is 1000. The first-order chi connectivity index (χ1) is 14.6. The molecule has 5 nitrogen and oxygen atoms in total. The fraction of sp³-hybridized carbons (Fsp3) is 0.200. The molecule has 3 aromatic rings. The number of nitrogens with zero attached hydrogens (tertiary/aromatic N) is 2. The van der Waals surface area contributed by atoms with E-state index in [1.165, 1.54) is 0 Å². The number of benzene rings is 3. The van der Waals surface area contributed by atoms with Crippen LogP contribution in [-0.4, -0.2) is 34.9 Å². The fourth-order valence-electron chi connectivity index (χ4n) is 3.69. The Labute approximate surface area is 176 Å². The van der Waals surface area contributed by atoms with Gasteiger partial charge in [-0.25, -0.2) is 0 Å². The van der Waals surface area contributed by atoms with Gasteiger partial charge in [-0.2, -0.15) is 5.06 Å². The van der Waals surface area contributed by atoms with Crippen LogP contribution in [0.2, 0.25) is 0 Å². The van der Waals surface area contributed by atoms with Crippen molar-refractivity contribution in [3.8, 4) is 0 Å². The van der Waals surface area contributed by atoms with E-state index in [-0.39, 0.29) is 24.9 Å². The molecule has 0 aromatic heterocycles. The molecule has 1 unspecified atom stereocenters. The first kappa shape index (κ1) is 20.0. The molecule has 1 aliphatic heterocycles. The number of hydrogen-bond donors (Lipinski definition) is 0. The molecule has 4 rings (SSSR count). The maximum Gasteiger partial charge on any atom is 0.267 e. The highest BCUT2D eigenvalue weighted by atomic mass is 16.7. The number of carbonyl (C=O) groups excluding carboxylic acids is 2. The molecule has 0 spiro atoms. The highest BCUT2D eigenvalue weighted by Gasteiger charge is 2.35. The number of piperazine rings is 1. The number of carbonyl (C=O) groups is 2. The summed E-state index contributed by atoms with van der Waals surface area (Å²) in [5.41, 5.74) is 3.92. The second kappa shape index (κ2) is 9.03. The lowest BCUT2D eigenvalue weighted by Gasteiger charge is -2.34. The van der Waals surface area contributed by atoms with Crippen LogP contribution in [0.15, 0.2) is 84.9 Å². The van der Waals surface area contributed by atoms with Crippen molar-refractivity contribution in [3.63, 3.8) is 0 Å². The van der Waals surface area contributed by atoms with Gasteiger partial charge < -0.3 is 0 Å². The van der Waals surface area contributed by atoms with Crippen LogP contribution in [0, 0.1) is 6.92 Å². The van der Waals surface area contributed by atoms with Gasteiger partial charge in [-0.15, -0.1) is 0 Å². The summed E-state index contributed by atoms with van der Waals surface area (Å²) in [5, 5.41) is 0.950. The van der Waals surface area contributed by atoms with Crippen LogP contribution in [-0.2, 0) is 21.0 Å². The maximum atomic E-state index is 12.8. The van der Waals surface area contributed by atoms with Gasteiger partial charge in [-0.3, -0.25) is 19.3 Å². The quantitative estimate of drug-likeness (QED) is 0.589. The Morgan fingerprint density at radius 2 is 1.37 bits per heavy atom. The second-order valence-electron chi connectivity index (χ2n) is 7.47. The van der Waals surface area contributed by atoms with Crippen molar-refractivity contribution in [2.75, 3.05) is 13.1 Å². The molecule has 1 heterocycles. The Hall–Kier alpha value is -3.28. The third-order valence-electron chi connectivity index (χ3n) is 5.20. The van der Waals surface area contributed by atoms with Gasteiger partial charge in [0.05, 0.1) is 13.1 Å². The van der Waals surface area contributed by atoms with Gasteiger partial charge in [-0.05, 0) is 29.2 Å².